The summed E-state index contributed by atoms with van der Waals surface area (Å²) in [5, 5.41) is 6.11. The van der Waals surface area contributed by atoms with Gasteiger partial charge < -0.3 is 4.74 Å². The highest BCUT2D eigenvalue weighted by Gasteiger charge is 2.08. The largest absolute Gasteiger partial charge is 0.496 e. The Morgan fingerprint density at radius 2 is 1.89 bits per heavy atom. The molecule has 0 fully saturated rings. The summed E-state index contributed by atoms with van der Waals surface area (Å²) in [6.07, 6.45) is 1.81. The standard InChI is InChI=1S/C14H11ClN2O/c1-18-14-4-2-3-13-12(14)9-16-17(13)11-7-5-10(15)6-8-11/h2-9H,1H3. The van der Waals surface area contributed by atoms with Crippen LogP contribution in [0.2, 0.25) is 5.02 Å². The average molecular weight is 259 g/mol. The van der Waals surface area contributed by atoms with Crippen LogP contribution < -0.4 is 4.74 Å². The summed E-state index contributed by atoms with van der Waals surface area (Å²) in [5.41, 5.74) is 1.99. The minimum atomic E-state index is 0.716. The first kappa shape index (κ1) is 11.1. The first-order valence-corrected chi connectivity index (χ1v) is 5.94. The highest BCUT2D eigenvalue weighted by molar-refractivity contribution is 6.30. The third-order valence-electron chi connectivity index (χ3n) is 2.86. The number of methoxy groups -OCH3 is 1. The Morgan fingerprint density at radius 1 is 1.11 bits per heavy atom. The summed E-state index contributed by atoms with van der Waals surface area (Å²) in [7, 11) is 1.66. The number of ether oxygens (including phenoxy) is 1. The highest BCUT2D eigenvalue weighted by Crippen LogP contribution is 2.27. The van der Waals surface area contributed by atoms with Gasteiger partial charge in [-0.05, 0) is 36.4 Å². The third-order valence-corrected chi connectivity index (χ3v) is 3.12. The monoisotopic (exact) mass is 258 g/mol. The van der Waals surface area contributed by atoms with Gasteiger partial charge in [-0.15, -0.1) is 0 Å². The molecular formula is C14H11ClN2O. The number of rotatable bonds is 2. The van der Waals surface area contributed by atoms with E-state index in [1.165, 1.54) is 0 Å². The number of halogens is 1. The average Bonchev–Trinajstić information content (AvgIpc) is 2.83. The first-order valence-electron chi connectivity index (χ1n) is 5.56. The molecule has 0 aliphatic heterocycles. The Kier molecular flexibility index (Phi) is 2.68. The molecular weight excluding hydrogens is 248 g/mol. The minimum Gasteiger partial charge on any atom is -0.496 e. The molecule has 0 radical (unpaired) electrons. The van der Waals surface area contributed by atoms with Gasteiger partial charge in [0, 0.05) is 5.02 Å². The number of hydrogen-bond acceptors (Lipinski definition) is 2. The molecule has 0 N–H and O–H groups in total. The zero-order valence-electron chi connectivity index (χ0n) is 9.80. The SMILES string of the molecule is COc1cccc2c1cnn2-c1ccc(Cl)cc1. The van der Waals surface area contributed by atoms with Gasteiger partial charge in [0.1, 0.15) is 5.75 Å². The molecule has 0 saturated carbocycles. The molecule has 0 aliphatic rings. The van der Waals surface area contributed by atoms with Crippen LogP contribution in [0.25, 0.3) is 16.6 Å². The summed E-state index contributed by atoms with van der Waals surface area (Å²) in [4.78, 5) is 0. The van der Waals surface area contributed by atoms with E-state index >= 15 is 0 Å². The second-order valence-electron chi connectivity index (χ2n) is 3.93. The second kappa shape index (κ2) is 4.35. The number of aromatic nitrogens is 2. The maximum absolute atomic E-state index is 5.89. The Morgan fingerprint density at radius 3 is 2.61 bits per heavy atom. The quantitative estimate of drug-likeness (QED) is 0.701. The lowest BCUT2D eigenvalue weighted by molar-refractivity contribution is 0.420. The van der Waals surface area contributed by atoms with Gasteiger partial charge in [0.05, 0.1) is 29.9 Å². The molecule has 0 bridgehead atoms. The Bertz CT molecular complexity index is 689. The van der Waals surface area contributed by atoms with Gasteiger partial charge in [0.15, 0.2) is 0 Å². The summed E-state index contributed by atoms with van der Waals surface area (Å²) in [5.74, 6) is 0.827. The second-order valence-corrected chi connectivity index (χ2v) is 4.36. The van der Waals surface area contributed by atoms with E-state index < -0.39 is 0 Å². The maximum Gasteiger partial charge on any atom is 0.129 e. The van der Waals surface area contributed by atoms with Gasteiger partial charge >= 0.3 is 0 Å². The summed E-state index contributed by atoms with van der Waals surface area (Å²) in [6, 6.07) is 13.5. The van der Waals surface area contributed by atoms with Crippen molar-refractivity contribution < 1.29 is 4.74 Å². The number of benzene rings is 2. The smallest absolute Gasteiger partial charge is 0.129 e. The highest BCUT2D eigenvalue weighted by atomic mass is 35.5. The van der Waals surface area contributed by atoms with Gasteiger partial charge in [-0.2, -0.15) is 5.10 Å². The van der Waals surface area contributed by atoms with Crippen LogP contribution in [0.15, 0.2) is 48.7 Å². The molecule has 0 amide bonds. The molecule has 4 heteroatoms. The molecule has 3 aromatic rings. The zero-order valence-corrected chi connectivity index (χ0v) is 10.6. The summed E-state index contributed by atoms with van der Waals surface area (Å²) in [6.45, 7) is 0. The molecule has 0 spiro atoms. The van der Waals surface area contributed by atoms with Crippen LogP contribution in [0.1, 0.15) is 0 Å². The predicted molar refractivity (Wildman–Crippen MR) is 72.6 cm³/mol. The van der Waals surface area contributed by atoms with Gasteiger partial charge in [-0.25, -0.2) is 4.68 Å². The van der Waals surface area contributed by atoms with Crippen molar-refractivity contribution in [2.45, 2.75) is 0 Å². The minimum absolute atomic E-state index is 0.716. The van der Waals surface area contributed by atoms with Crippen molar-refractivity contribution in [2.75, 3.05) is 7.11 Å². The number of hydrogen-bond donors (Lipinski definition) is 0. The van der Waals surface area contributed by atoms with E-state index in [0.29, 0.717) is 5.02 Å². The van der Waals surface area contributed by atoms with Crippen LogP contribution in [0.5, 0.6) is 5.75 Å². The Hall–Kier alpha value is -2.00. The van der Waals surface area contributed by atoms with E-state index in [4.69, 9.17) is 16.3 Å². The zero-order chi connectivity index (χ0) is 12.5. The van der Waals surface area contributed by atoms with Gasteiger partial charge in [-0.1, -0.05) is 17.7 Å². The molecule has 3 rings (SSSR count). The lowest BCUT2D eigenvalue weighted by atomic mass is 10.2. The van der Waals surface area contributed by atoms with Crippen LogP contribution in [0, 0.1) is 0 Å². The molecule has 0 aliphatic carbocycles. The van der Waals surface area contributed by atoms with Crippen molar-refractivity contribution in [1.82, 2.24) is 9.78 Å². The van der Waals surface area contributed by atoms with Gasteiger partial charge in [-0.3, -0.25) is 0 Å². The van der Waals surface area contributed by atoms with Gasteiger partial charge in [0.25, 0.3) is 0 Å². The number of fused-ring (bicyclic) bond motifs is 1. The molecule has 2 aromatic carbocycles. The van der Waals surface area contributed by atoms with Crippen LogP contribution in [-0.2, 0) is 0 Å². The van der Waals surface area contributed by atoms with Crippen molar-refractivity contribution in [3.05, 3.63) is 53.7 Å². The van der Waals surface area contributed by atoms with E-state index in [2.05, 4.69) is 5.10 Å². The van der Waals surface area contributed by atoms with Crippen molar-refractivity contribution in [3.8, 4) is 11.4 Å². The fraction of sp³-hybridized carbons (Fsp3) is 0.0714. The summed E-state index contributed by atoms with van der Waals surface area (Å²) < 4.78 is 7.19. The van der Waals surface area contributed by atoms with E-state index in [1.807, 2.05) is 53.3 Å². The summed E-state index contributed by atoms with van der Waals surface area (Å²) >= 11 is 5.89. The van der Waals surface area contributed by atoms with Crippen LogP contribution >= 0.6 is 11.6 Å². The molecule has 18 heavy (non-hydrogen) atoms. The van der Waals surface area contributed by atoms with E-state index in [9.17, 15) is 0 Å². The fourth-order valence-electron chi connectivity index (χ4n) is 1.99. The van der Waals surface area contributed by atoms with Crippen molar-refractivity contribution in [2.24, 2.45) is 0 Å². The molecule has 90 valence electrons. The third kappa shape index (κ3) is 1.73. The van der Waals surface area contributed by atoms with Crippen molar-refractivity contribution in [3.63, 3.8) is 0 Å². The molecule has 0 atom stereocenters. The lowest BCUT2D eigenvalue weighted by Crippen LogP contribution is -1.95. The van der Waals surface area contributed by atoms with Crippen LogP contribution in [0.4, 0.5) is 0 Å². The van der Waals surface area contributed by atoms with E-state index in [-0.39, 0.29) is 0 Å². The molecule has 1 aromatic heterocycles. The lowest BCUT2D eigenvalue weighted by Gasteiger charge is -2.05. The molecule has 1 heterocycles. The van der Waals surface area contributed by atoms with E-state index in [1.54, 1.807) is 7.11 Å². The molecule has 0 unspecified atom stereocenters. The normalized spacial score (nSPS) is 10.8. The maximum atomic E-state index is 5.89. The molecule has 3 nitrogen and oxygen atoms in total. The molecule has 0 saturated heterocycles. The Balaban J connectivity index is 2.21. The van der Waals surface area contributed by atoms with Crippen LogP contribution in [-0.4, -0.2) is 16.9 Å². The van der Waals surface area contributed by atoms with Gasteiger partial charge in [0.2, 0.25) is 0 Å². The Labute approximate surface area is 110 Å². The first-order chi connectivity index (χ1) is 8.79. The van der Waals surface area contributed by atoms with Crippen LogP contribution in [0.3, 0.4) is 0 Å². The topological polar surface area (TPSA) is 27.1 Å². The van der Waals surface area contributed by atoms with Crippen molar-refractivity contribution in [1.29, 1.82) is 0 Å². The fourth-order valence-corrected chi connectivity index (χ4v) is 2.12. The van der Waals surface area contributed by atoms with E-state index in [0.717, 1.165) is 22.3 Å². The van der Waals surface area contributed by atoms with Crippen molar-refractivity contribution >= 4 is 22.5 Å². The predicted octanol–water partition coefficient (Wildman–Crippen LogP) is 3.69. The number of nitrogens with zero attached hydrogens (tertiary/aromatic N) is 2.